The van der Waals surface area contributed by atoms with E-state index in [1.807, 2.05) is 54.6 Å². The monoisotopic (exact) mass is 322 g/mol. The number of aromatic nitrogens is 1. The smallest absolute Gasteiger partial charge is 0.198 e. The number of para-hydroxylation sites is 2. The van der Waals surface area contributed by atoms with Crippen molar-refractivity contribution in [1.82, 2.24) is 9.88 Å². The number of hydrogen-bond acceptors (Lipinski definition) is 4. The first kappa shape index (κ1) is 15.4. The SMILES string of the molecule is O[C@H](CN1CCC(c2nc3ccccc3o2)CC1)c1ccccc1. The van der Waals surface area contributed by atoms with Crippen molar-refractivity contribution in [2.24, 2.45) is 0 Å². The van der Waals surface area contributed by atoms with Gasteiger partial charge in [-0.2, -0.15) is 0 Å². The van der Waals surface area contributed by atoms with Gasteiger partial charge in [-0.15, -0.1) is 0 Å². The molecule has 1 saturated heterocycles. The van der Waals surface area contributed by atoms with E-state index < -0.39 is 6.10 Å². The Labute approximate surface area is 141 Å². The van der Waals surface area contributed by atoms with Gasteiger partial charge in [-0.3, -0.25) is 0 Å². The Morgan fingerprint density at radius 3 is 2.50 bits per heavy atom. The number of rotatable bonds is 4. The fourth-order valence-corrected chi connectivity index (χ4v) is 3.45. The molecule has 0 spiro atoms. The van der Waals surface area contributed by atoms with Crippen molar-refractivity contribution in [2.75, 3.05) is 19.6 Å². The quantitative estimate of drug-likeness (QED) is 0.795. The average Bonchev–Trinajstić information content (AvgIpc) is 3.07. The van der Waals surface area contributed by atoms with Crippen molar-refractivity contribution in [2.45, 2.75) is 24.9 Å². The Bertz CT molecular complexity index is 759. The molecule has 24 heavy (non-hydrogen) atoms. The van der Waals surface area contributed by atoms with Gasteiger partial charge in [-0.25, -0.2) is 4.98 Å². The summed E-state index contributed by atoms with van der Waals surface area (Å²) in [7, 11) is 0. The predicted octanol–water partition coefficient (Wildman–Crippen LogP) is 3.74. The summed E-state index contributed by atoms with van der Waals surface area (Å²) in [5.41, 5.74) is 2.79. The van der Waals surface area contributed by atoms with E-state index in [4.69, 9.17) is 4.42 Å². The van der Waals surface area contributed by atoms with Gasteiger partial charge in [0.15, 0.2) is 11.5 Å². The van der Waals surface area contributed by atoms with Crippen LogP contribution in [-0.2, 0) is 0 Å². The molecule has 0 saturated carbocycles. The second-order valence-electron chi connectivity index (χ2n) is 6.52. The Hall–Kier alpha value is -2.17. The minimum Gasteiger partial charge on any atom is -0.440 e. The number of hydrogen-bond donors (Lipinski definition) is 1. The lowest BCUT2D eigenvalue weighted by Crippen LogP contribution is -2.36. The number of piperidine rings is 1. The second kappa shape index (κ2) is 6.75. The summed E-state index contributed by atoms with van der Waals surface area (Å²) >= 11 is 0. The number of nitrogens with zero attached hydrogens (tertiary/aromatic N) is 2. The molecule has 4 rings (SSSR count). The highest BCUT2D eigenvalue weighted by Crippen LogP contribution is 2.30. The molecular weight excluding hydrogens is 300 g/mol. The van der Waals surface area contributed by atoms with Crippen LogP contribution in [0.5, 0.6) is 0 Å². The molecule has 1 aliphatic heterocycles. The third-order valence-corrected chi connectivity index (χ3v) is 4.86. The molecule has 1 fully saturated rings. The summed E-state index contributed by atoms with van der Waals surface area (Å²) in [5.74, 6) is 1.24. The van der Waals surface area contributed by atoms with E-state index >= 15 is 0 Å². The maximum Gasteiger partial charge on any atom is 0.198 e. The fourth-order valence-electron chi connectivity index (χ4n) is 3.45. The number of β-amino-alcohol motifs (C(OH)–C–C–N with tert-alkyl or cyclic N) is 1. The zero-order valence-corrected chi connectivity index (χ0v) is 13.6. The van der Waals surface area contributed by atoms with Crippen LogP contribution in [-0.4, -0.2) is 34.6 Å². The van der Waals surface area contributed by atoms with E-state index in [0.717, 1.165) is 48.5 Å². The normalized spacial score (nSPS) is 18.0. The Balaban J connectivity index is 1.36. The number of fused-ring (bicyclic) bond motifs is 1. The molecule has 3 aromatic rings. The number of oxazole rings is 1. The maximum atomic E-state index is 10.4. The molecule has 4 nitrogen and oxygen atoms in total. The van der Waals surface area contributed by atoms with Crippen LogP contribution < -0.4 is 0 Å². The first-order valence-corrected chi connectivity index (χ1v) is 8.60. The molecule has 1 aliphatic rings. The van der Waals surface area contributed by atoms with Crippen LogP contribution in [0.25, 0.3) is 11.1 Å². The molecular formula is C20H22N2O2. The number of aliphatic hydroxyl groups excluding tert-OH is 1. The van der Waals surface area contributed by atoms with E-state index in [2.05, 4.69) is 9.88 Å². The second-order valence-corrected chi connectivity index (χ2v) is 6.52. The van der Waals surface area contributed by atoms with Crippen LogP contribution in [0, 0.1) is 0 Å². The molecule has 1 atom stereocenters. The van der Waals surface area contributed by atoms with Crippen molar-refractivity contribution in [3.8, 4) is 0 Å². The molecule has 1 aromatic heterocycles. The zero-order chi connectivity index (χ0) is 16.4. The van der Waals surface area contributed by atoms with Crippen LogP contribution in [0.3, 0.4) is 0 Å². The van der Waals surface area contributed by atoms with Crippen LogP contribution in [0.2, 0.25) is 0 Å². The summed E-state index contributed by atoms with van der Waals surface area (Å²) in [6.45, 7) is 2.62. The highest BCUT2D eigenvalue weighted by Gasteiger charge is 2.25. The first-order chi connectivity index (χ1) is 11.8. The van der Waals surface area contributed by atoms with Gasteiger partial charge in [0, 0.05) is 12.5 Å². The Morgan fingerprint density at radius 1 is 1.04 bits per heavy atom. The molecule has 2 heterocycles. The molecule has 1 N–H and O–H groups in total. The van der Waals surface area contributed by atoms with Crippen molar-refractivity contribution in [3.05, 3.63) is 66.1 Å². The maximum absolute atomic E-state index is 10.4. The van der Waals surface area contributed by atoms with Gasteiger partial charge in [0.05, 0.1) is 6.10 Å². The van der Waals surface area contributed by atoms with Crippen LogP contribution in [0.15, 0.2) is 59.0 Å². The van der Waals surface area contributed by atoms with Crippen LogP contribution in [0.1, 0.15) is 36.3 Å². The van der Waals surface area contributed by atoms with E-state index in [1.54, 1.807) is 0 Å². The summed E-state index contributed by atoms with van der Waals surface area (Å²) in [4.78, 5) is 6.97. The largest absolute Gasteiger partial charge is 0.440 e. The Morgan fingerprint density at radius 2 is 1.75 bits per heavy atom. The third kappa shape index (κ3) is 3.21. The summed E-state index contributed by atoms with van der Waals surface area (Å²) in [6, 6.07) is 17.8. The standard InChI is InChI=1S/C20H22N2O2/c23-18(15-6-2-1-3-7-15)14-22-12-10-16(11-13-22)20-21-17-8-4-5-9-19(17)24-20/h1-9,16,18,23H,10-14H2/t18-/m1/s1. The zero-order valence-electron chi connectivity index (χ0n) is 13.6. The van der Waals surface area contributed by atoms with Gasteiger partial charge in [0.1, 0.15) is 5.52 Å². The summed E-state index contributed by atoms with van der Waals surface area (Å²) < 4.78 is 5.91. The van der Waals surface area contributed by atoms with Crippen molar-refractivity contribution < 1.29 is 9.52 Å². The lowest BCUT2D eigenvalue weighted by Gasteiger charge is -2.32. The number of benzene rings is 2. The first-order valence-electron chi connectivity index (χ1n) is 8.60. The van der Waals surface area contributed by atoms with Gasteiger partial charge in [0.2, 0.25) is 0 Å². The van der Waals surface area contributed by atoms with E-state index in [1.165, 1.54) is 0 Å². The van der Waals surface area contributed by atoms with Crippen LogP contribution >= 0.6 is 0 Å². The van der Waals surface area contributed by atoms with Crippen molar-refractivity contribution >= 4 is 11.1 Å². The predicted molar refractivity (Wildman–Crippen MR) is 93.8 cm³/mol. The summed E-state index contributed by atoms with van der Waals surface area (Å²) in [6.07, 6.45) is 1.62. The van der Waals surface area contributed by atoms with Crippen molar-refractivity contribution in [3.63, 3.8) is 0 Å². The molecule has 0 radical (unpaired) electrons. The minimum absolute atomic E-state index is 0.377. The van der Waals surface area contributed by atoms with Gasteiger partial charge in [-0.1, -0.05) is 42.5 Å². The average molecular weight is 322 g/mol. The van der Waals surface area contributed by atoms with Crippen molar-refractivity contribution in [1.29, 1.82) is 0 Å². The molecule has 0 unspecified atom stereocenters. The fraction of sp³-hybridized carbons (Fsp3) is 0.350. The Kier molecular flexibility index (Phi) is 4.32. The van der Waals surface area contributed by atoms with Gasteiger partial charge in [-0.05, 0) is 43.6 Å². The topological polar surface area (TPSA) is 49.5 Å². The molecule has 0 amide bonds. The lowest BCUT2D eigenvalue weighted by atomic mass is 9.96. The third-order valence-electron chi connectivity index (χ3n) is 4.86. The molecule has 0 aliphatic carbocycles. The van der Waals surface area contributed by atoms with E-state index in [-0.39, 0.29) is 0 Å². The number of aliphatic hydroxyl groups is 1. The molecule has 4 heteroatoms. The highest BCUT2D eigenvalue weighted by atomic mass is 16.3. The molecule has 124 valence electrons. The van der Waals surface area contributed by atoms with E-state index in [9.17, 15) is 5.11 Å². The van der Waals surface area contributed by atoms with Gasteiger partial charge >= 0.3 is 0 Å². The number of likely N-dealkylation sites (tertiary alicyclic amines) is 1. The summed E-state index contributed by atoms with van der Waals surface area (Å²) in [5, 5.41) is 10.4. The highest BCUT2D eigenvalue weighted by molar-refractivity contribution is 5.72. The van der Waals surface area contributed by atoms with Gasteiger partial charge in [0.25, 0.3) is 0 Å². The molecule has 0 bridgehead atoms. The van der Waals surface area contributed by atoms with Crippen LogP contribution in [0.4, 0.5) is 0 Å². The lowest BCUT2D eigenvalue weighted by molar-refractivity contribution is 0.0951. The molecule has 2 aromatic carbocycles. The minimum atomic E-state index is -0.424. The van der Waals surface area contributed by atoms with Gasteiger partial charge < -0.3 is 14.4 Å². The van der Waals surface area contributed by atoms with E-state index in [0.29, 0.717) is 12.5 Å².